The van der Waals surface area contributed by atoms with E-state index in [9.17, 15) is 19.5 Å². The van der Waals surface area contributed by atoms with Crippen molar-refractivity contribution in [1.82, 2.24) is 0 Å². The lowest BCUT2D eigenvalue weighted by atomic mass is 9.88. The highest BCUT2D eigenvalue weighted by atomic mass is 16.5. The van der Waals surface area contributed by atoms with E-state index in [2.05, 4.69) is 18.2 Å². The minimum atomic E-state index is -2.43. The fourth-order valence-electron chi connectivity index (χ4n) is 4.52. The zero-order chi connectivity index (χ0) is 26.4. The molecule has 0 amide bonds. The van der Waals surface area contributed by atoms with Gasteiger partial charge in [0.1, 0.15) is 13.2 Å². The number of fused-ring (bicyclic) bond motifs is 3. The topological polar surface area (TPSA) is 142 Å². The van der Waals surface area contributed by atoms with Crippen LogP contribution in [0.15, 0.2) is 72.8 Å². The van der Waals surface area contributed by atoms with Gasteiger partial charge in [-0.25, -0.2) is 9.59 Å². The van der Waals surface area contributed by atoms with Crippen LogP contribution in [0.5, 0.6) is 0 Å². The predicted molar refractivity (Wildman–Crippen MR) is 137 cm³/mol. The second-order valence-electron chi connectivity index (χ2n) is 9.17. The number of carbonyl (C=O) groups is 3. The van der Waals surface area contributed by atoms with Crippen molar-refractivity contribution in [1.29, 1.82) is 0 Å². The average Bonchev–Trinajstić information content (AvgIpc) is 3.29. The van der Waals surface area contributed by atoms with Crippen molar-refractivity contribution < 1.29 is 29.0 Å². The normalized spacial score (nSPS) is 14.1. The SMILES string of the molecule is NC(CCCC(=O)OCc1cccc2c1Cc1ccccc1-2)C(N)(C(=O)O)C(=O)OCc1ccccc1. The molecule has 0 bridgehead atoms. The molecule has 4 rings (SSSR count). The van der Waals surface area contributed by atoms with E-state index in [0.29, 0.717) is 5.56 Å². The molecule has 8 nitrogen and oxygen atoms in total. The van der Waals surface area contributed by atoms with Gasteiger partial charge in [-0.15, -0.1) is 0 Å². The van der Waals surface area contributed by atoms with Crippen molar-refractivity contribution in [2.24, 2.45) is 11.5 Å². The number of carbonyl (C=O) groups excluding carboxylic acids is 2. The first-order valence-corrected chi connectivity index (χ1v) is 12.1. The fraction of sp³-hybridized carbons (Fsp3) is 0.276. The van der Waals surface area contributed by atoms with E-state index in [1.165, 1.54) is 11.1 Å². The number of hydrogen-bond donors (Lipinski definition) is 3. The molecule has 0 saturated carbocycles. The van der Waals surface area contributed by atoms with E-state index in [0.717, 1.165) is 23.1 Å². The van der Waals surface area contributed by atoms with E-state index in [-0.39, 0.29) is 32.5 Å². The summed E-state index contributed by atoms with van der Waals surface area (Å²) in [5.41, 5.74) is 15.9. The Labute approximate surface area is 215 Å². The lowest BCUT2D eigenvalue weighted by molar-refractivity contribution is -0.163. The summed E-state index contributed by atoms with van der Waals surface area (Å²) in [5.74, 6) is -3.15. The van der Waals surface area contributed by atoms with Gasteiger partial charge in [0.2, 0.25) is 5.54 Å². The van der Waals surface area contributed by atoms with E-state index < -0.39 is 29.5 Å². The Balaban J connectivity index is 1.27. The fourth-order valence-corrected chi connectivity index (χ4v) is 4.52. The molecule has 0 aromatic heterocycles. The molecule has 2 atom stereocenters. The molecule has 3 aromatic rings. The van der Waals surface area contributed by atoms with Crippen LogP contribution in [0.1, 0.15) is 41.5 Å². The molecule has 1 aliphatic rings. The van der Waals surface area contributed by atoms with Crippen LogP contribution in [-0.2, 0) is 43.5 Å². The van der Waals surface area contributed by atoms with E-state index in [1.807, 2.05) is 30.3 Å². The molecule has 2 unspecified atom stereocenters. The van der Waals surface area contributed by atoms with Gasteiger partial charge in [-0.3, -0.25) is 4.79 Å². The molecule has 0 aliphatic heterocycles. The zero-order valence-corrected chi connectivity index (χ0v) is 20.4. The van der Waals surface area contributed by atoms with Crippen LogP contribution in [-0.4, -0.2) is 34.6 Å². The van der Waals surface area contributed by atoms with E-state index >= 15 is 0 Å². The number of aliphatic carboxylic acids is 1. The molecule has 8 heteroatoms. The smallest absolute Gasteiger partial charge is 0.339 e. The van der Waals surface area contributed by atoms with Crippen molar-refractivity contribution in [2.75, 3.05) is 0 Å². The van der Waals surface area contributed by atoms with E-state index in [4.69, 9.17) is 20.9 Å². The van der Waals surface area contributed by atoms with Crippen molar-refractivity contribution >= 4 is 17.9 Å². The molecule has 0 radical (unpaired) electrons. The van der Waals surface area contributed by atoms with Crippen LogP contribution in [0.3, 0.4) is 0 Å². The second kappa shape index (κ2) is 11.4. The highest BCUT2D eigenvalue weighted by Crippen LogP contribution is 2.38. The van der Waals surface area contributed by atoms with Gasteiger partial charge in [-0.05, 0) is 52.6 Å². The van der Waals surface area contributed by atoms with Crippen molar-refractivity contribution in [3.8, 4) is 11.1 Å². The number of hydrogen-bond acceptors (Lipinski definition) is 7. The first-order chi connectivity index (χ1) is 17.8. The first kappa shape index (κ1) is 26.1. The van der Waals surface area contributed by atoms with Gasteiger partial charge in [-0.1, -0.05) is 72.8 Å². The Kier molecular flexibility index (Phi) is 8.01. The monoisotopic (exact) mass is 502 g/mol. The van der Waals surface area contributed by atoms with Crippen molar-refractivity contribution in [3.63, 3.8) is 0 Å². The summed E-state index contributed by atoms with van der Waals surface area (Å²) in [5, 5.41) is 9.63. The minimum absolute atomic E-state index is 0.0116. The van der Waals surface area contributed by atoms with Gasteiger partial charge < -0.3 is 26.0 Å². The summed E-state index contributed by atoms with van der Waals surface area (Å²) >= 11 is 0. The third-order valence-electron chi connectivity index (χ3n) is 6.72. The maximum Gasteiger partial charge on any atom is 0.339 e. The molecule has 192 valence electrons. The number of carboxylic acids is 1. The third-order valence-corrected chi connectivity index (χ3v) is 6.72. The Morgan fingerprint density at radius 1 is 0.892 bits per heavy atom. The van der Waals surface area contributed by atoms with Crippen molar-refractivity contribution in [2.45, 2.75) is 50.5 Å². The zero-order valence-electron chi connectivity index (χ0n) is 20.4. The Bertz CT molecular complexity index is 1290. The average molecular weight is 503 g/mol. The quantitative estimate of drug-likeness (QED) is 0.209. The molecule has 0 saturated heterocycles. The van der Waals surface area contributed by atoms with Crippen LogP contribution >= 0.6 is 0 Å². The van der Waals surface area contributed by atoms with Crippen LogP contribution in [0.25, 0.3) is 11.1 Å². The number of carboxylic acid groups (broad SMARTS) is 1. The number of ether oxygens (including phenoxy) is 2. The summed E-state index contributed by atoms with van der Waals surface area (Å²) in [7, 11) is 0. The van der Waals surface area contributed by atoms with Gasteiger partial charge in [0.05, 0.1) is 0 Å². The second-order valence-corrected chi connectivity index (χ2v) is 9.17. The molecule has 3 aromatic carbocycles. The van der Waals surface area contributed by atoms with Crippen LogP contribution in [0.4, 0.5) is 0 Å². The Morgan fingerprint density at radius 2 is 1.59 bits per heavy atom. The first-order valence-electron chi connectivity index (χ1n) is 12.1. The van der Waals surface area contributed by atoms with Gasteiger partial charge >= 0.3 is 17.9 Å². The van der Waals surface area contributed by atoms with Gasteiger partial charge in [0.25, 0.3) is 0 Å². The summed E-state index contributed by atoms with van der Waals surface area (Å²) < 4.78 is 10.6. The van der Waals surface area contributed by atoms with Gasteiger partial charge in [-0.2, -0.15) is 0 Å². The van der Waals surface area contributed by atoms with Gasteiger partial charge in [0.15, 0.2) is 0 Å². The molecule has 5 N–H and O–H groups in total. The summed E-state index contributed by atoms with van der Waals surface area (Å²) in [4.78, 5) is 36.8. The number of esters is 2. The maximum atomic E-state index is 12.6. The Morgan fingerprint density at radius 3 is 2.35 bits per heavy atom. The number of nitrogens with two attached hydrogens (primary N) is 2. The lowest BCUT2D eigenvalue weighted by Gasteiger charge is -2.28. The van der Waals surface area contributed by atoms with Crippen LogP contribution in [0.2, 0.25) is 0 Å². The summed E-state index contributed by atoms with van der Waals surface area (Å²) in [6, 6.07) is 21.7. The molecule has 37 heavy (non-hydrogen) atoms. The largest absolute Gasteiger partial charge is 0.479 e. The molecule has 1 aliphatic carbocycles. The van der Waals surface area contributed by atoms with Crippen LogP contribution < -0.4 is 11.5 Å². The van der Waals surface area contributed by atoms with Gasteiger partial charge in [0, 0.05) is 12.5 Å². The molecular formula is C29H30N2O6. The van der Waals surface area contributed by atoms with E-state index in [1.54, 1.807) is 24.3 Å². The summed E-state index contributed by atoms with van der Waals surface area (Å²) in [6.45, 7) is 0.0169. The number of rotatable bonds is 11. The third kappa shape index (κ3) is 5.71. The predicted octanol–water partition coefficient (Wildman–Crippen LogP) is 3.32. The summed E-state index contributed by atoms with van der Waals surface area (Å²) in [6.07, 6.45) is 1.03. The molecule has 0 heterocycles. The highest BCUT2D eigenvalue weighted by molar-refractivity contribution is 6.04. The maximum absolute atomic E-state index is 12.6. The van der Waals surface area contributed by atoms with Crippen LogP contribution in [0, 0.1) is 0 Å². The molecule has 0 spiro atoms. The molecular weight excluding hydrogens is 472 g/mol. The Hall–Kier alpha value is -4.01. The lowest BCUT2D eigenvalue weighted by Crippen LogP contribution is -2.66. The number of benzene rings is 3. The minimum Gasteiger partial charge on any atom is -0.479 e. The van der Waals surface area contributed by atoms with Crippen molar-refractivity contribution in [3.05, 3.63) is 95.1 Å². The standard InChI is InChI=1S/C29H30N2O6/c30-25(29(31,27(33)34)28(35)37-17-19-8-2-1-3-9-19)14-7-15-26(32)36-18-21-11-6-13-23-22-12-5-4-10-20(22)16-24(21)23/h1-6,8-13,25H,7,14-18,30-31H2,(H,33,34). The highest BCUT2D eigenvalue weighted by Gasteiger charge is 2.49. The molecule has 0 fully saturated rings.